The van der Waals surface area contributed by atoms with Crippen LogP contribution in [0.1, 0.15) is 16.7 Å². The zero-order valence-electron chi connectivity index (χ0n) is 15.7. The van der Waals surface area contributed by atoms with Crippen molar-refractivity contribution in [1.82, 2.24) is 4.90 Å². The molecule has 2 aromatic rings. The van der Waals surface area contributed by atoms with E-state index < -0.39 is 0 Å². The van der Waals surface area contributed by atoms with Crippen LogP contribution in [0.25, 0.3) is 6.08 Å². The van der Waals surface area contributed by atoms with Gasteiger partial charge in [0.25, 0.3) is 5.91 Å². The minimum atomic E-state index is -0.387. The van der Waals surface area contributed by atoms with Crippen molar-refractivity contribution in [3.8, 4) is 23.6 Å². The number of nitriles is 2. The first-order valence-corrected chi connectivity index (χ1v) is 9.02. The van der Waals surface area contributed by atoms with Crippen LogP contribution in [0.2, 0.25) is 0 Å². The third-order valence-corrected chi connectivity index (χ3v) is 4.55. The van der Waals surface area contributed by atoms with Gasteiger partial charge in [0.15, 0.2) is 11.5 Å². The second-order valence-electron chi connectivity index (χ2n) is 5.95. The van der Waals surface area contributed by atoms with Crippen molar-refractivity contribution < 1.29 is 14.3 Å². The van der Waals surface area contributed by atoms with Crippen molar-refractivity contribution in [2.45, 2.75) is 6.61 Å². The Morgan fingerprint density at radius 1 is 1.21 bits per heavy atom. The van der Waals surface area contributed by atoms with Gasteiger partial charge in [-0.2, -0.15) is 10.5 Å². The standard InChI is InChI=1S/C21H18BrN3O3/c1-25(2)21(26)17(12-24)8-16-9-19(27-3)20(10-18(16)22)28-13-15-7-5-4-6-14(15)11-23/h4-10H,13H2,1-3H3/b17-8-. The molecule has 0 N–H and O–H groups in total. The molecule has 0 atom stereocenters. The molecule has 7 heteroatoms. The first-order chi connectivity index (χ1) is 13.4. The number of carbonyl (C=O) groups excluding carboxylic acids is 1. The first-order valence-electron chi connectivity index (χ1n) is 8.23. The Morgan fingerprint density at radius 3 is 2.54 bits per heavy atom. The summed E-state index contributed by atoms with van der Waals surface area (Å²) in [6.45, 7) is 0.199. The van der Waals surface area contributed by atoms with Crippen molar-refractivity contribution in [3.05, 3.63) is 63.1 Å². The highest BCUT2D eigenvalue weighted by molar-refractivity contribution is 9.10. The highest BCUT2D eigenvalue weighted by Crippen LogP contribution is 2.35. The van der Waals surface area contributed by atoms with Crippen molar-refractivity contribution in [1.29, 1.82) is 10.5 Å². The molecule has 0 aromatic heterocycles. The second-order valence-corrected chi connectivity index (χ2v) is 6.81. The predicted molar refractivity (Wildman–Crippen MR) is 108 cm³/mol. The number of rotatable bonds is 6. The lowest BCUT2D eigenvalue weighted by Gasteiger charge is -2.14. The molecule has 0 aliphatic heterocycles. The van der Waals surface area contributed by atoms with Gasteiger partial charge in [0, 0.05) is 24.1 Å². The Bertz CT molecular complexity index is 1000. The predicted octanol–water partition coefficient (Wildman–Crippen LogP) is 3.90. The molecule has 0 heterocycles. The van der Waals surface area contributed by atoms with Gasteiger partial charge in [0.05, 0.1) is 18.7 Å². The molecule has 28 heavy (non-hydrogen) atoms. The molecule has 0 radical (unpaired) electrons. The maximum atomic E-state index is 12.1. The average Bonchev–Trinajstić information content (AvgIpc) is 2.70. The van der Waals surface area contributed by atoms with E-state index in [0.717, 1.165) is 5.56 Å². The van der Waals surface area contributed by atoms with E-state index in [9.17, 15) is 15.3 Å². The van der Waals surface area contributed by atoms with Gasteiger partial charge in [-0.3, -0.25) is 4.79 Å². The number of hydrogen-bond donors (Lipinski definition) is 0. The van der Waals surface area contributed by atoms with Gasteiger partial charge in [-0.15, -0.1) is 0 Å². The Kier molecular flexibility index (Phi) is 7.20. The molecule has 0 bridgehead atoms. The third-order valence-electron chi connectivity index (χ3n) is 3.86. The van der Waals surface area contributed by atoms with E-state index in [1.165, 1.54) is 18.1 Å². The monoisotopic (exact) mass is 439 g/mol. The topological polar surface area (TPSA) is 86.3 Å². The summed E-state index contributed by atoms with van der Waals surface area (Å²) >= 11 is 3.44. The fourth-order valence-corrected chi connectivity index (χ4v) is 2.82. The van der Waals surface area contributed by atoms with Gasteiger partial charge >= 0.3 is 0 Å². The zero-order valence-corrected chi connectivity index (χ0v) is 17.3. The summed E-state index contributed by atoms with van der Waals surface area (Å²) in [5.74, 6) is 0.525. The Hall–Kier alpha value is -3.29. The molecular weight excluding hydrogens is 422 g/mol. The van der Waals surface area contributed by atoms with Crippen LogP contribution in [0.5, 0.6) is 11.5 Å². The van der Waals surface area contributed by atoms with Crippen molar-refractivity contribution in [2.24, 2.45) is 0 Å². The van der Waals surface area contributed by atoms with Crippen molar-refractivity contribution in [3.63, 3.8) is 0 Å². The van der Waals surface area contributed by atoms with Crippen LogP contribution in [0, 0.1) is 22.7 Å². The van der Waals surface area contributed by atoms with Crippen LogP contribution >= 0.6 is 15.9 Å². The quantitative estimate of drug-likeness (QED) is 0.502. The lowest BCUT2D eigenvalue weighted by atomic mass is 10.1. The molecule has 6 nitrogen and oxygen atoms in total. The van der Waals surface area contributed by atoms with E-state index in [0.29, 0.717) is 27.1 Å². The van der Waals surface area contributed by atoms with Gasteiger partial charge in [-0.05, 0) is 29.8 Å². The average molecular weight is 440 g/mol. The third kappa shape index (κ3) is 4.91. The summed E-state index contributed by atoms with van der Waals surface area (Å²) in [6, 6.07) is 14.6. The SMILES string of the molecule is COc1cc(/C=C(/C#N)C(=O)N(C)C)c(Br)cc1OCc1ccccc1C#N. The van der Waals surface area contributed by atoms with Gasteiger partial charge < -0.3 is 14.4 Å². The summed E-state index contributed by atoms with van der Waals surface area (Å²) in [6.07, 6.45) is 1.49. The van der Waals surface area contributed by atoms with Crippen LogP contribution in [-0.4, -0.2) is 32.0 Å². The molecule has 0 aliphatic rings. The Labute approximate surface area is 172 Å². The summed E-state index contributed by atoms with van der Waals surface area (Å²) in [5.41, 5.74) is 1.91. The van der Waals surface area contributed by atoms with E-state index in [1.807, 2.05) is 18.2 Å². The Morgan fingerprint density at radius 2 is 1.93 bits per heavy atom. The maximum absolute atomic E-state index is 12.1. The highest BCUT2D eigenvalue weighted by Gasteiger charge is 2.15. The highest BCUT2D eigenvalue weighted by atomic mass is 79.9. The molecule has 2 rings (SSSR count). The summed E-state index contributed by atoms with van der Waals surface area (Å²) < 4.78 is 11.9. The molecule has 0 aliphatic carbocycles. The molecule has 2 aromatic carbocycles. The summed E-state index contributed by atoms with van der Waals surface area (Å²) in [4.78, 5) is 13.4. The van der Waals surface area contributed by atoms with E-state index in [4.69, 9.17) is 9.47 Å². The molecule has 0 saturated heterocycles. The van der Waals surface area contributed by atoms with Crippen molar-refractivity contribution >= 4 is 27.9 Å². The smallest absolute Gasteiger partial charge is 0.264 e. The first kappa shape index (κ1) is 21.0. The van der Waals surface area contributed by atoms with Gasteiger partial charge in [-0.25, -0.2) is 0 Å². The molecular formula is C21H18BrN3O3. The zero-order chi connectivity index (χ0) is 20.7. The lowest BCUT2D eigenvalue weighted by Crippen LogP contribution is -2.22. The van der Waals surface area contributed by atoms with Gasteiger partial charge in [0.2, 0.25) is 0 Å². The Balaban J connectivity index is 2.35. The lowest BCUT2D eigenvalue weighted by molar-refractivity contribution is -0.124. The van der Waals surface area contributed by atoms with E-state index in [2.05, 4.69) is 22.0 Å². The maximum Gasteiger partial charge on any atom is 0.264 e. The van der Waals surface area contributed by atoms with Crippen LogP contribution in [0.4, 0.5) is 0 Å². The van der Waals surface area contributed by atoms with Crippen LogP contribution in [0.15, 0.2) is 46.4 Å². The molecule has 1 amide bonds. The van der Waals surface area contributed by atoms with Gasteiger partial charge in [-0.1, -0.05) is 34.1 Å². The number of ether oxygens (including phenoxy) is 2. The second kappa shape index (κ2) is 9.59. The van der Waals surface area contributed by atoms with Crippen LogP contribution < -0.4 is 9.47 Å². The minimum Gasteiger partial charge on any atom is -0.493 e. The van der Waals surface area contributed by atoms with E-state index in [1.54, 1.807) is 38.4 Å². The van der Waals surface area contributed by atoms with Crippen LogP contribution in [-0.2, 0) is 11.4 Å². The number of methoxy groups -OCH3 is 1. The normalized spacial score (nSPS) is 10.6. The fourth-order valence-electron chi connectivity index (χ4n) is 2.38. The number of likely N-dealkylation sites (N-methyl/N-ethyl adjacent to an activating group) is 1. The molecule has 142 valence electrons. The van der Waals surface area contributed by atoms with E-state index >= 15 is 0 Å². The minimum absolute atomic E-state index is 0.00405. The van der Waals surface area contributed by atoms with Gasteiger partial charge in [0.1, 0.15) is 18.2 Å². The van der Waals surface area contributed by atoms with E-state index in [-0.39, 0.29) is 18.1 Å². The number of hydrogen-bond acceptors (Lipinski definition) is 5. The number of nitrogens with zero attached hydrogens (tertiary/aromatic N) is 3. The molecule has 0 saturated carbocycles. The summed E-state index contributed by atoms with van der Waals surface area (Å²) in [7, 11) is 4.67. The number of benzene rings is 2. The number of halogens is 1. The number of carbonyl (C=O) groups is 1. The number of amides is 1. The molecule has 0 spiro atoms. The molecule has 0 unspecified atom stereocenters. The fraction of sp³-hybridized carbons (Fsp3) is 0.190. The largest absolute Gasteiger partial charge is 0.493 e. The van der Waals surface area contributed by atoms with Crippen LogP contribution in [0.3, 0.4) is 0 Å². The summed E-state index contributed by atoms with van der Waals surface area (Å²) in [5, 5.41) is 18.5. The van der Waals surface area contributed by atoms with Crippen molar-refractivity contribution in [2.75, 3.05) is 21.2 Å². The molecule has 0 fully saturated rings.